The SMILES string of the molecule is COC1(C)CCCN(c2ccc(C=O)s2)C1. The number of methoxy groups -OCH3 is 1. The normalized spacial score (nSPS) is 25.8. The second kappa shape index (κ2) is 4.55. The summed E-state index contributed by atoms with van der Waals surface area (Å²) in [7, 11) is 1.77. The van der Waals surface area contributed by atoms with Gasteiger partial charge in [0.1, 0.15) is 0 Å². The van der Waals surface area contributed by atoms with Crippen molar-refractivity contribution >= 4 is 22.6 Å². The Morgan fingerprint density at radius 3 is 3.00 bits per heavy atom. The molecule has 16 heavy (non-hydrogen) atoms. The monoisotopic (exact) mass is 239 g/mol. The van der Waals surface area contributed by atoms with Crippen LogP contribution in [0.25, 0.3) is 0 Å². The van der Waals surface area contributed by atoms with E-state index in [9.17, 15) is 4.79 Å². The van der Waals surface area contributed by atoms with Crippen molar-refractivity contribution < 1.29 is 9.53 Å². The van der Waals surface area contributed by atoms with Gasteiger partial charge in [-0.2, -0.15) is 0 Å². The van der Waals surface area contributed by atoms with Gasteiger partial charge in [0.05, 0.1) is 15.5 Å². The Morgan fingerprint density at radius 1 is 1.56 bits per heavy atom. The number of hydrogen-bond acceptors (Lipinski definition) is 4. The van der Waals surface area contributed by atoms with Crippen LogP contribution in [0, 0.1) is 0 Å². The zero-order chi connectivity index (χ0) is 11.6. The molecule has 1 atom stereocenters. The minimum absolute atomic E-state index is 0.0520. The number of hydrogen-bond donors (Lipinski definition) is 0. The maximum Gasteiger partial charge on any atom is 0.160 e. The van der Waals surface area contributed by atoms with Crippen molar-refractivity contribution in [3.8, 4) is 0 Å². The van der Waals surface area contributed by atoms with E-state index in [1.807, 2.05) is 12.1 Å². The van der Waals surface area contributed by atoms with Crippen LogP contribution >= 0.6 is 11.3 Å². The molecule has 0 saturated carbocycles. The van der Waals surface area contributed by atoms with E-state index in [4.69, 9.17) is 4.74 Å². The third-order valence-corrected chi connectivity index (χ3v) is 4.26. The summed E-state index contributed by atoms with van der Waals surface area (Å²) in [5.41, 5.74) is -0.0520. The first-order valence-corrected chi connectivity index (χ1v) is 6.34. The molecule has 1 saturated heterocycles. The van der Waals surface area contributed by atoms with Gasteiger partial charge in [-0.3, -0.25) is 4.79 Å². The van der Waals surface area contributed by atoms with Gasteiger partial charge in [-0.15, -0.1) is 11.3 Å². The second-order valence-corrected chi connectivity index (χ2v) is 5.57. The number of piperidine rings is 1. The van der Waals surface area contributed by atoms with Crippen molar-refractivity contribution in [1.29, 1.82) is 0 Å². The second-order valence-electron chi connectivity index (χ2n) is 4.47. The van der Waals surface area contributed by atoms with Crippen LogP contribution in [-0.2, 0) is 4.74 Å². The number of nitrogens with zero attached hydrogens (tertiary/aromatic N) is 1. The van der Waals surface area contributed by atoms with Gasteiger partial charge in [-0.25, -0.2) is 0 Å². The molecule has 1 aromatic rings. The first kappa shape index (κ1) is 11.6. The fraction of sp³-hybridized carbons (Fsp3) is 0.583. The molecule has 1 aliphatic heterocycles. The molecule has 1 aromatic heterocycles. The van der Waals surface area contributed by atoms with E-state index >= 15 is 0 Å². The molecule has 0 aliphatic carbocycles. The van der Waals surface area contributed by atoms with Crippen LogP contribution in [0.3, 0.4) is 0 Å². The summed E-state index contributed by atoms with van der Waals surface area (Å²) in [6, 6.07) is 3.90. The van der Waals surface area contributed by atoms with Crippen LogP contribution in [0.5, 0.6) is 0 Å². The Balaban J connectivity index is 2.12. The van der Waals surface area contributed by atoms with Gasteiger partial charge in [-0.1, -0.05) is 0 Å². The fourth-order valence-electron chi connectivity index (χ4n) is 2.14. The van der Waals surface area contributed by atoms with E-state index in [0.29, 0.717) is 0 Å². The number of carbonyl (C=O) groups excluding carboxylic acids is 1. The van der Waals surface area contributed by atoms with Crippen molar-refractivity contribution in [1.82, 2.24) is 0 Å². The summed E-state index contributed by atoms with van der Waals surface area (Å²) in [4.78, 5) is 13.8. The average Bonchev–Trinajstić information content (AvgIpc) is 2.78. The molecule has 0 aromatic carbocycles. The van der Waals surface area contributed by atoms with E-state index in [2.05, 4.69) is 11.8 Å². The lowest BCUT2D eigenvalue weighted by Gasteiger charge is -2.40. The van der Waals surface area contributed by atoms with Gasteiger partial charge in [0, 0.05) is 20.2 Å². The van der Waals surface area contributed by atoms with Crippen LogP contribution in [0.2, 0.25) is 0 Å². The van der Waals surface area contributed by atoms with E-state index in [0.717, 1.165) is 37.1 Å². The quantitative estimate of drug-likeness (QED) is 0.759. The Bertz CT molecular complexity index is 377. The number of aldehydes is 1. The van der Waals surface area contributed by atoms with Crippen LogP contribution in [0.4, 0.5) is 5.00 Å². The minimum atomic E-state index is -0.0520. The Morgan fingerprint density at radius 2 is 2.38 bits per heavy atom. The molecular formula is C12H17NO2S. The molecule has 3 nitrogen and oxygen atoms in total. The van der Waals surface area contributed by atoms with E-state index in [1.165, 1.54) is 5.00 Å². The van der Waals surface area contributed by atoms with Crippen molar-refractivity contribution in [3.63, 3.8) is 0 Å². The predicted molar refractivity (Wildman–Crippen MR) is 66.6 cm³/mol. The molecule has 2 heterocycles. The lowest BCUT2D eigenvalue weighted by Crippen LogP contribution is -2.47. The van der Waals surface area contributed by atoms with Crippen LogP contribution < -0.4 is 4.90 Å². The Hall–Kier alpha value is -0.870. The van der Waals surface area contributed by atoms with Crippen molar-refractivity contribution in [2.24, 2.45) is 0 Å². The number of carbonyl (C=O) groups is 1. The van der Waals surface area contributed by atoms with E-state index in [1.54, 1.807) is 18.4 Å². The molecule has 0 radical (unpaired) electrons. The topological polar surface area (TPSA) is 29.5 Å². The maximum atomic E-state index is 10.7. The van der Waals surface area contributed by atoms with Gasteiger partial charge in [0.25, 0.3) is 0 Å². The lowest BCUT2D eigenvalue weighted by atomic mass is 9.95. The van der Waals surface area contributed by atoms with Crippen LogP contribution in [-0.4, -0.2) is 32.1 Å². The zero-order valence-electron chi connectivity index (χ0n) is 9.73. The number of rotatable bonds is 3. The van der Waals surface area contributed by atoms with Gasteiger partial charge in [0.15, 0.2) is 6.29 Å². The van der Waals surface area contributed by atoms with Gasteiger partial charge in [0.2, 0.25) is 0 Å². The molecular weight excluding hydrogens is 222 g/mol. The molecule has 0 N–H and O–H groups in total. The molecule has 1 fully saturated rings. The molecule has 1 aliphatic rings. The lowest BCUT2D eigenvalue weighted by molar-refractivity contribution is -0.00451. The van der Waals surface area contributed by atoms with Gasteiger partial charge < -0.3 is 9.64 Å². The summed E-state index contributed by atoms with van der Waals surface area (Å²) < 4.78 is 5.56. The Labute approximate surface area is 100 Å². The van der Waals surface area contributed by atoms with Crippen molar-refractivity contribution in [2.75, 3.05) is 25.1 Å². The molecule has 0 bridgehead atoms. The Kier molecular flexibility index (Phi) is 3.30. The number of thiophene rings is 1. The zero-order valence-corrected chi connectivity index (χ0v) is 10.5. The summed E-state index contributed by atoms with van der Waals surface area (Å²) in [5, 5.41) is 1.17. The molecule has 0 spiro atoms. The van der Waals surface area contributed by atoms with Gasteiger partial charge >= 0.3 is 0 Å². The maximum absolute atomic E-state index is 10.7. The largest absolute Gasteiger partial charge is 0.377 e. The minimum Gasteiger partial charge on any atom is -0.377 e. The molecule has 0 amide bonds. The predicted octanol–water partition coefficient (Wildman–Crippen LogP) is 2.57. The van der Waals surface area contributed by atoms with E-state index < -0.39 is 0 Å². The molecule has 1 unspecified atom stereocenters. The fourth-order valence-corrected chi connectivity index (χ4v) is 2.98. The highest BCUT2D eigenvalue weighted by atomic mass is 32.1. The van der Waals surface area contributed by atoms with Crippen LogP contribution in [0.1, 0.15) is 29.4 Å². The number of ether oxygens (including phenoxy) is 1. The summed E-state index contributed by atoms with van der Waals surface area (Å²) in [6.45, 7) is 4.10. The van der Waals surface area contributed by atoms with Crippen LogP contribution in [0.15, 0.2) is 12.1 Å². The number of anilines is 1. The highest BCUT2D eigenvalue weighted by molar-refractivity contribution is 7.17. The first-order valence-electron chi connectivity index (χ1n) is 5.52. The van der Waals surface area contributed by atoms with Gasteiger partial charge in [-0.05, 0) is 31.9 Å². The smallest absolute Gasteiger partial charge is 0.160 e. The highest BCUT2D eigenvalue weighted by Crippen LogP contribution is 2.31. The molecule has 4 heteroatoms. The molecule has 88 valence electrons. The highest BCUT2D eigenvalue weighted by Gasteiger charge is 2.31. The first-order chi connectivity index (χ1) is 7.67. The average molecular weight is 239 g/mol. The van der Waals surface area contributed by atoms with Crippen molar-refractivity contribution in [3.05, 3.63) is 17.0 Å². The standard InChI is InChI=1S/C12H17NO2S/c1-12(15-2)6-3-7-13(9-12)11-5-4-10(8-14)16-11/h4-5,8H,3,6-7,9H2,1-2H3. The van der Waals surface area contributed by atoms with Crippen molar-refractivity contribution in [2.45, 2.75) is 25.4 Å². The third kappa shape index (κ3) is 2.28. The van der Waals surface area contributed by atoms with E-state index in [-0.39, 0.29) is 5.60 Å². The third-order valence-electron chi connectivity index (χ3n) is 3.19. The summed E-state index contributed by atoms with van der Waals surface area (Å²) >= 11 is 1.55. The molecule has 2 rings (SSSR count). The summed E-state index contributed by atoms with van der Waals surface area (Å²) in [5.74, 6) is 0. The summed E-state index contributed by atoms with van der Waals surface area (Å²) in [6.07, 6.45) is 3.15.